The van der Waals surface area contributed by atoms with Crippen LogP contribution in [0.1, 0.15) is 19.4 Å². The zero-order chi connectivity index (χ0) is 13.9. The van der Waals surface area contributed by atoms with Crippen LogP contribution in [0.3, 0.4) is 0 Å². The molecule has 0 unspecified atom stereocenters. The number of carbonyl (C=O) groups excluding carboxylic acids is 1. The number of esters is 1. The van der Waals surface area contributed by atoms with Crippen LogP contribution in [-0.2, 0) is 10.2 Å². The molecule has 0 aliphatic rings. The smallest absolute Gasteiger partial charge is 0.321 e. The first-order valence-electron chi connectivity index (χ1n) is 6.03. The number of rotatable bonds is 3. The molecule has 19 heavy (non-hydrogen) atoms. The van der Waals surface area contributed by atoms with Crippen molar-refractivity contribution < 1.29 is 9.53 Å². The fourth-order valence-corrected chi connectivity index (χ4v) is 1.84. The Hall–Kier alpha value is -1.80. The van der Waals surface area contributed by atoms with E-state index in [9.17, 15) is 4.79 Å². The third kappa shape index (κ3) is 3.15. The van der Waals surface area contributed by atoms with E-state index in [0.717, 1.165) is 5.56 Å². The number of hydrogen-bond donors (Lipinski definition) is 0. The molecule has 2 rings (SSSR count). The molecule has 0 aromatic heterocycles. The molecule has 0 saturated heterocycles. The first kappa shape index (κ1) is 13.6. The number of ether oxygens (including phenoxy) is 1. The Morgan fingerprint density at radius 3 is 2.16 bits per heavy atom. The summed E-state index contributed by atoms with van der Waals surface area (Å²) in [6, 6.07) is 16.3. The highest BCUT2D eigenvalue weighted by Crippen LogP contribution is 2.26. The van der Waals surface area contributed by atoms with Crippen LogP contribution in [0, 0.1) is 0 Å². The van der Waals surface area contributed by atoms with Gasteiger partial charge in [0, 0.05) is 5.02 Å². The minimum Gasteiger partial charge on any atom is -0.426 e. The quantitative estimate of drug-likeness (QED) is 0.619. The average molecular weight is 275 g/mol. The molecule has 0 aliphatic carbocycles. The van der Waals surface area contributed by atoms with Crippen LogP contribution in [0.5, 0.6) is 5.75 Å². The van der Waals surface area contributed by atoms with Crippen LogP contribution in [0.4, 0.5) is 0 Å². The van der Waals surface area contributed by atoms with Gasteiger partial charge >= 0.3 is 5.97 Å². The van der Waals surface area contributed by atoms with Crippen molar-refractivity contribution in [3.63, 3.8) is 0 Å². The van der Waals surface area contributed by atoms with E-state index < -0.39 is 5.41 Å². The van der Waals surface area contributed by atoms with Gasteiger partial charge in [0.2, 0.25) is 0 Å². The topological polar surface area (TPSA) is 26.3 Å². The molecular formula is C16H15ClO2. The molecule has 2 aromatic carbocycles. The van der Waals surface area contributed by atoms with E-state index >= 15 is 0 Å². The van der Waals surface area contributed by atoms with Gasteiger partial charge in [0.1, 0.15) is 5.75 Å². The normalized spacial score (nSPS) is 11.1. The van der Waals surface area contributed by atoms with Crippen LogP contribution in [0.2, 0.25) is 5.02 Å². The SMILES string of the molecule is CC(C)(C(=O)Oc1ccc(Cl)cc1)c1ccccc1. The predicted octanol–water partition coefficient (Wildman–Crippen LogP) is 4.22. The van der Waals surface area contributed by atoms with Gasteiger partial charge in [-0.3, -0.25) is 4.79 Å². The summed E-state index contributed by atoms with van der Waals surface area (Å²) in [6.07, 6.45) is 0. The van der Waals surface area contributed by atoms with E-state index in [1.165, 1.54) is 0 Å². The first-order valence-corrected chi connectivity index (χ1v) is 6.41. The molecular weight excluding hydrogens is 260 g/mol. The third-order valence-corrected chi connectivity index (χ3v) is 3.28. The monoisotopic (exact) mass is 274 g/mol. The predicted molar refractivity (Wildman–Crippen MR) is 76.6 cm³/mol. The van der Waals surface area contributed by atoms with Crippen molar-refractivity contribution in [3.05, 3.63) is 65.2 Å². The molecule has 98 valence electrons. The maximum atomic E-state index is 12.3. The largest absolute Gasteiger partial charge is 0.426 e. The molecule has 0 spiro atoms. The Morgan fingerprint density at radius 2 is 1.58 bits per heavy atom. The van der Waals surface area contributed by atoms with Crippen molar-refractivity contribution in [1.29, 1.82) is 0 Å². The Labute approximate surface area is 118 Å². The second kappa shape index (κ2) is 5.45. The standard InChI is InChI=1S/C16H15ClO2/c1-16(2,12-6-4-3-5-7-12)15(18)19-14-10-8-13(17)9-11-14/h3-11H,1-2H3. The molecule has 0 heterocycles. The van der Waals surface area contributed by atoms with Gasteiger partial charge in [-0.15, -0.1) is 0 Å². The van der Waals surface area contributed by atoms with E-state index in [2.05, 4.69) is 0 Å². The zero-order valence-electron chi connectivity index (χ0n) is 10.9. The second-order valence-corrected chi connectivity index (χ2v) is 5.27. The summed E-state index contributed by atoms with van der Waals surface area (Å²) >= 11 is 5.79. The van der Waals surface area contributed by atoms with Gasteiger partial charge in [-0.1, -0.05) is 41.9 Å². The van der Waals surface area contributed by atoms with E-state index in [1.807, 2.05) is 44.2 Å². The summed E-state index contributed by atoms with van der Waals surface area (Å²) in [5.74, 6) is 0.208. The highest BCUT2D eigenvalue weighted by molar-refractivity contribution is 6.30. The molecule has 0 atom stereocenters. The molecule has 2 nitrogen and oxygen atoms in total. The van der Waals surface area contributed by atoms with Gasteiger partial charge in [-0.2, -0.15) is 0 Å². The number of benzene rings is 2. The molecule has 0 aliphatic heterocycles. The van der Waals surface area contributed by atoms with Crippen LogP contribution in [0.25, 0.3) is 0 Å². The van der Waals surface area contributed by atoms with Crippen molar-refractivity contribution in [1.82, 2.24) is 0 Å². The number of halogens is 1. The number of hydrogen-bond acceptors (Lipinski definition) is 2. The second-order valence-electron chi connectivity index (χ2n) is 4.83. The molecule has 2 aromatic rings. The van der Waals surface area contributed by atoms with Gasteiger partial charge in [0.15, 0.2) is 0 Å². The van der Waals surface area contributed by atoms with Crippen molar-refractivity contribution >= 4 is 17.6 Å². The van der Waals surface area contributed by atoms with Crippen molar-refractivity contribution in [2.75, 3.05) is 0 Å². The average Bonchev–Trinajstić information content (AvgIpc) is 2.42. The van der Waals surface area contributed by atoms with Gasteiger partial charge in [0.05, 0.1) is 5.41 Å². The maximum absolute atomic E-state index is 12.3. The first-order chi connectivity index (χ1) is 9.00. The molecule has 0 fully saturated rings. The Balaban J connectivity index is 2.17. The Kier molecular flexibility index (Phi) is 3.91. The summed E-state index contributed by atoms with van der Waals surface area (Å²) in [5, 5.41) is 0.613. The molecule has 0 radical (unpaired) electrons. The number of carbonyl (C=O) groups is 1. The van der Waals surface area contributed by atoms with Crippen molar-refractivity contribution in [2.45, 2.75) is 19.3 Å². The highest BCUT2D eigenvalue weighted by Gasteiger charge is 2.31. The van der Waals surface area contributed by atoms with Gasteiger partial charge in [-0.05, 0) is 43.7 Å². The van der Waals surface area contributed by atoms with Crippen molar-refractivity contribution in [2.24, 2.45) is 0 Å². The molecule has 0 bridgehead atoms. The summed E-state index contributed by atoms with van der Waals surface area (Å²) in [7, 11) is 0. The minimum absolute atomic E-state index is 0.291. The lowest BCUT2D eigenvalue weighted by molar-refractivity contribution is -0.139. The van der Waals surface area contributed by atoms with Gasteiger partial charge in [-0.25, -0.2) is 0 Å². The third-order valence-electron chi connectivity index (χ3n) is 3.03. The molecule has 0 N–H and O–H groups in total. The lowest BCUT2D eigenvalue weighted by atomic mass is 9.85. The molecule has 0 saturated carbocycles. The van der Waals surface area contributed by atoms with E-state index in [0.29, 0.717) is 10.8 Å². The maximum Gasteiger partial charge on any atom is 0.321 e. The van der Waals surface area contributed by atoms with E-state index in [1.54, 1.807) is 24.3 Å². The van der Waals surface area contributed by atoms with E-state index in [4.69, 9.17) is 16.3 Å². The summed E-state index contributed by atoms with van der Waals surface area (Å²) < 4.78 is 5.39. The van der Waals surface area contributed by atoms with Crippen molar-refractivity contribution in [3.8, 4) is 5.75 Å². The van der Waals surface area contributed by atoms with Crippen LogP contribution in [0.15, 0.2) is 54.6 Å². The lowest BCUT2D eigenvalue weighted by Crippen LogP contribution is -2.33. The van der Waals surface area contributed by atoms with Crippen LogP contribution < -0.4 is 4.74 Å². The van der Waals surface area contributed by atoms with Crippen LogP contribution in [-0.4, -0.2) is 5.97 Å². The summed E-state index contributed by atoms with van der Waals surface area (Å²) in [4.78, 5) is 12.3. The highest BCUT2D eigenvalue weighted by atomic mass is 35.5. The Morgan fingerprint density at radius 1 is 1.00 bits per heavy atom. The fourth-order valence-electron chi connectivity index (χ4n) is 1.71. The lowest BCUT2D eigenvalue weighted by Gasteiger charge is -2.22. The summed E-state index contributed by atoms with van der Waals surface area (Å²) in [5.41, 5.74) is 0.231. The van der Waals surface area contributed by atoms with Gasteiger partial charge in [0.25, 0.3) is 0 Å². The zero-order valence-corrected chi connectivity index (χ0v) is 11.6. The molecule has 0 amide bonds. The van der Waals surface area contributed by atoms with E-state index in [-0.39, 0.29) is 5.97 Å². The Bertz CT molecular complexity index is 559. The van der Waals surface area contributed by atoms with Gasteiger partial charge < -0.3 is 4.74 Å². The fraction of sp³-hybridized carbons (Fsp3) is 0.188. The molecule has 3 heteroatoms. The van der Waals surface area contributed by atoms with Crippen LogP contribution >= 0.6 is 11.6 Å². The minimum atomic E-state index is -0.694. The summed E-state index contributed by atoms with van der Waals surface area (Å²) in [6.45, 7) is 3.70.